The Balaban J connectivity index is 3.94. The quantitative estimate of drug-likeness (QED) is 0.641. The maximum atomic E-state index is 11.5. The van der Waals surface area contributed by atoms with Crippen molar-refractivity contribution >= 4 is 15.2 Å². The van der Waals surface area contributed by atoms with E-state index in [-0.39, 0.29) is 17.2 Å². The van der Waals surface area contributed by atoms with E-state index in [1.54, 1.807) is 0 Å². The van der Waals surface area contributed by atoms with Crippen molar-refractivity contribution in [1.29, 1.82) is 0 Å². The molecule has 12 heavy (non-hydrogen) atoms. The van der Waals surface area contributed by atoms with E-state index >= 15 is 0 Å². The summed E-state index contributed by atoms with van der Waals surface area (Å²) in [5.74, 6) is 0.128. The molecule has 3 nitrogen and oxygen atoms in total. The molecule has 4 heteroatoms. The molecular formula is C8H19N2OP. The Morgan fingerprint density at radius 2 is 2.08 bits per heavy atom. The van der Waals surface area contributed by atoms with Crippen LogP contribution in [-0.2, 0) is 4.79 Å². The first-order chi connectivity index (χ1) is 5.39. The normalized spacial score (nSPS) is 14.4. The van der Waals surface area contributed by atoms with Crippen LogP contribution in [0.25, 0.3) is 0 Å². The summed E-state index contributed by atoms with van der Waals surface area (Å²) in [7, 11) is 2.39. The molecule has 0 amide bonds. The summed E-state index contributed by atoms with van der Waals surface area (Å²) in [6, 6.07) is -0.335. The number of nitrogens with one attached hydrogen (secondary N) is 1. The van der Waals surface area contributed by atoms with Crippen LogP contribution in [0.3, 0.4) is 0 Å². The Hall–Kier alpha value is 0.0200. The second kappa shape index (κ2) is 4.90. The van der Waals surface area contributed by atoms with E-state index < -0.39 is 0 Å². The smallest absolute Gasteiger partial charge is 0.154 e. The minimum Gasteiger partial charge on any atom is -0.321 e. The summed E-state index contributed by atoms with van der Waals surface area (Å²) in [6.45, 7) is 6.43. The molecule has 0 radical (unpaired) electrons. The molecule has 0 aromatic carbocycles. The molecular weight excluding hydrogens is 171 g/mol. The van der Waals surface area contributed by atoms with Gasteiger partial charge in [0.2, 0.25) is 0 Å². The van der Waals surface area contributed by atoms with Crippen LogP contribution in [0.15, 0.2) is 0 Å². The van der Waals surface area contributed by atoms with Gasteiger partial charge in [0.05, 0.1) is 6.04 Å². The third-order valence-electron chi connectivity index (χ3n) is 1.68. The molecule has 2 unspecified atom stereocenters. The Morgan fingerprint density at radius 1 is 1.58 bits per heavy atom. The fraction of sp³-hybridized carbons (Fsp3) is 0.875. The zero-order chi connectivity index (χ0) is 9.78. The van der Waals surface area contributed by atoms with Crippen molar-refractivity contribution in [2.75, 3.05) is 6.54 Å². The van der Waals surface area contributed by atoms with Gasteiger partial charge in [0.25, 0.3) is 0 Å². The maximum absolute atomic E-state index is 11.5. The Bertz CT molecular complexity index is 154. The second-order valence-corrected chi connectivity index (χ2v) is 4.37. The van der Waals surface area contributed by atoms with Crippen LogP contribution in [0, 0.1) is 5.41 Å². The van der Waals surface area contributed by atoms with Crippen molar-refractivity contribution < 1.29 is 4.79 Å². The molecule has 0 aliphatic heterocycles. The highest BCUT2D eigenvalue weighted by Gasteiger charge is 2.26. The van der Waals surface area contributed by atoms with Gasteiger partial charge in [0.15, 0.2) is 5.78 Å². The number of hydrogen-bond donors (Lipinski definition) is 2. The van der Waals surface area contributed by atoms with Gasteiger partial charge in [-0.05, 0) is 6.42 Å². The molecule has 0 aromatic heterocycles. The highest BCUT2D eigenvalue weighted by Crippen LogP contribution is 2.16. The summed E-state index contributed by atoms with van der Waals surface area (Å²) in [5, 5.41) is 2.89. The molecule has 2 atom stereocenters. The fourth-order valence-corrected chi connectivity index (χ4v) is 1.09. The van der Waals surface area contributed by atoms with Gasteiger partial charge in [-0.3, -0.25) is 4.79 Å². The Morgan fingerprint density at radius 3 is 2.42 bits per heavy atom. The van der Waals surface area contributed by atoms with Gasteiger partial charge in [0, 0.05) is 12.0 Å². The zero-order valence-corrected chi connectivity index (χ0v) is 9.21. The molecule has 0 spiro atoms. The summed E-state index contributed by atoms with van der Waals surface area (Å²) >= 11 is 0. The van der Waals surface area contributed by atoms with E-state index in [0.29, 0.717) is 6.42 Å². The molecule has 0 fully saturated rings. The fourth-order valence-electron chi connectivity index (χ4n) is 0.926. The molecule has 3 N–H and O–H groups in total. The van der Waals surface area contributed by atoms with E-state index in [1.165, 1.54) is 0 Å². The van der Waals surface area contributed by atoms with Crippen molar-refractivity contribution in [2.24, 2.45) is 11.1 Å². The highest BCUT2D eigenvalue weighted by atomic mass is 31.0. The van der Waals surface area contributed by atoms with E-state index in [0.717, 1.165) is 6.54 Å². The van der Waals surface area contributed by atoms with Crippen LogP contribution in [0.5, 0.6) is 0 Å². The minimum atomic E-state index is -0.335. The SMILES string of the molecule is CC(C)(C)C(=O)C(N)CCNP. The first kappa shape index (κ1) is 12.0. The highest BCUT2D eigenvalue weighted by molar-refractivity contribution is 7.13. The van der Waals surface area contributed by atoms with E-state index in [2.05, 4.69) is 14.5 Å². The van der Waals surface area contributed by atoms with Gasteiger partial charge >= 0.3 is 0 Å². The Labute approximate surface area is 76.7 Å². The lowest BCUT2D eigenvalue weighted by molar-refractivity contribution is -0.127. The number of nitrogens with two attached hydrogens (primary N) is 1. The van der Waals surface area contributed by atoms with E-state index in [1.807, 2.05) is 20.8 Å². The van der Waals surface area contributed by atoms with Gasteiger partial charge < -0.3 is 10.8 Å². The van der Waals surface area contributed by atoms with Gasteiger partial charge in [-0.15, -0.1) is 0 Å². The molecule has 0 saturated heterocycles. The minimum absolute atomic E-state index is 0.128. The molecule has 0 aromatic rings. The van der Waals surface area contributed by atoms with Crippen molar-refractivity contribution in [2.45, 2.75) is 33.2 Å². The lowest BCUT2D eigenvalue weighted by Crippen LogP contribution is -2.40. The molecule has 0 bridgehead atoms. The van der Waals surface area contributed by atoms with Crippen molar-refractivity contribution in [3.63, 3.8) is 0 Å². The van der Waals surface area contributed by atoms with Gasteiger partial charge in [0.1, 0.15) is 0 Å². The second-order valence-electron chi connectivity index (χ2n) is 3.96. The topological polar surface area (TPSA) is 55.1 Å². The number of Topliss-reactive ketones (excluding diaryl/α,β-unsaturated/α-hetero) is 1. The van der Waals surface area contributed by atoms with Gasteiger partial charge in [-0.2, -0.15) is 0 Å². The molecule has 0 aliphatic carbocycles. The predicted octanol–water partition coefficient (Wildman–Crippen LogP) is 0.699. The average Bonchev–Trinajstić information content (AvgIpc) is 1.97. The summed E-state index contributed by atoms with van der Waals surface area (Å²) in [5.41, 5.74) is 5.37. The molecule has 0 aliphatic rings. The van der Waals surface area contributed by atoms with Crippen LogP contribution in [-0.4, -0.2) is 18.4 Å². The predicted molar refractivity (Wildman–Crippen MR) is 54.8 cm³/mol. The number of hydrogen-bond acceptors (Lipinski definition) is 3. The van der Waals surface area contributed by atoms with Gasteiger partial charge in [-0.25, -0.2) is 0 Å². The summed E-state index contributed by atoms with van der Waals surface area (Å²) < 4.78 is 0. The van der Waals surface area contributed by atoms with Crippen LogP contribution in [0.4, 0.5) is 0 Å². The number of ketones is 1. The van der Waals surface area contributed by atoms with Crippen LogP contribution < -0.4 is 10.8 Å². The largest absolute Gasteiger partial charge is 0.321 e. The lowest BCUT2D eigenvalue weighted by Gasteiger charge is -2.21. The van der Waals surface area contributed by atoms with Crippen LogP contribution in [0.1, 0.15) is 27.2 Å². The molecule has 0 rings (SSSR count). The first-order valence-electron chi connectivity index (χ1n) is 4.13. The number of rotatable bonds is 4. The van der Waals surface area contributed by atoms with Crippen molar-refractivity contribution in [3.8, 4) is 0 Å². The van der Waals surface area contributed by atoms with Crippen molar-refractivity contribution in [1.82, 2.24) is 5.09 Å². The average molecular weight is 190 g/mol. The Kier molecular flexibility index (Phi) is 4.91. The third-order valence-corrected chi connectivity index (χ3v) is 1.96. The third kappa shape index (κ3) is 4.15. The van der Waals surface area contributed by atoms with Crippen molar-refractivity contribution in [3.05, 3.63) is 0 Å². The lowest BCUT2D eigenvalue weighted by atomic mass is 9.86. The number of carbonyl (C=O) groups excluding carboxylic acids is 1. The van der Waals surface area contributed by atoms with E-state index in [4.69, 9.17) is 5.73 Å². The molecule has 0 heterocycles. The molecule has 72 valence electrons. The maximum Gasteiger partial charge on any atom is 0.154 e. The summed E-state index contributed by atoms with van der Waals surface area (Å²) in [4.78, 5) is 11.5. The number of carbonyl (C=O) groups is 1. The van der Waals surface area contributed by atoms with Gasteiger partial charge in [-0.1, -0.05) is 30.2 Å². The zero-order valence-electron chi connectivity index (χ0n) is 8.05. The summed E-state index contributed by atoms with van der Waals surface area (Å²) in [6.07, 6.45) is 0.694. The standard InChI is InChI=1S/C8H19N2OP/c1-8(2,3)7(11)6(9)4-5-10-12/h6,10H,4-5,9,12H2,1-3H3. The van der Waals surface area contributed by atoms with Crippen LogP contribution in [0.2, 0.25) is 0 Å². The monoisotopic (exact) mass is 190 g/mol. The first-order valence-corrected chi connectivity index (χ1v) is 4.70. The van der Waals surface area contributed by atoms with Crippen LogP contribution >= 0.6 is 9.39 Å². The van der Waals surface area contributed by atoms with E-state index in [9.17, 15) is 4.79 Å². The molecule has 0 saturated carbocycles.